The minimum atomic E-state index is -0.798. The number of nitrogen functional groups attached to an aromatic ring is 1. The van der Waals surface area contributed by atoms with E-state index in [1.807, 2.05) is 6.92 Å². The van der Waals surface area contributed by atoms with Crippen molar-refractivity contribution in [2.24, 2.45) is 5.73 Å². The zero-order valence-corrected chi connectivity index (χ0v) is 10.5. The third kappa shape index (κ3) is 4.07. The topological polar surface area (TPSA) is 98.2 Å². The number of hydrogen-bond acceptors (Lipinski definition) is 4. The number of hydrogen-bond donors (Lipinski definition) is 3. The van der Waals surface area contributed by atoms with Gasteiger partial charge in [0.05, 0.1) is 5.56 Å². The molecule has 1 atom stereocenters. The first-order chi connectivity index (χ1) is 8.04. The number of primary amides is 1. The Labute approximate surface area is 103 Å². The molecule has 1 aromatic rings. The van der Waals surface area contributed by atoms with Crippen LogP contribution in [0.1, 0.15) is 17.3 Å². The van der Waals surface area contributed by atoms with Gasteiger partial charge in [-0.05, 0) is 18.2 Å². The Morgan fingerprint density at radius 1 is 1.47 bits per heavy atom. The molecule has 0 radical (unpaired) electrons. The highest BCUT2D eigenvalue weighted by atomic mass is 32.2. The van der Waals surface area contributed by atoms with Crippen LogP contribution in [-0.4, -0.2) is 28.2 Å². The van der Waals surface area contributed by atoms with Gasteiger partial charge >= 0.3 is 0 Å². The quantitative estimate of drug-likeness (QED) is 0.646. The van der Waals surface area contributed by atoms with Gasteiger partial charge in [0.1, 0.15) is 0 Å². The first-order valence-corrected chi connectivity index (χ1v) is 6.81. The maximum atomic E-state index is 11.2. The van der Waals surface area contributed by atoms with E-state index in [1.54, 1.807) is 18.2 Å². The highest BCUT2D eigenvalue weighted by Crippen LogP contribution is 2.17. The van der Waals surface area contributed by atoms with E-state index in [2.05, 4.69) is 5.32 Å². The van der Waals surface area contributed by atoms with Gasteiger partial charge in [-0.3, -0.25) is 9.00 Å². The second-order valence-electron chi connectivity index (χ2n) is 3.53. The van der Waals surface area contributed by atoms with Gasteiger partial charge in [0.2, 0.25) is 0 Å². The monoisotopic (exact) mass is 255 g/mol. The molecule has 1 unspecified atom stereocenters. The van der Waals surface area contributed by atoms with Gasteiger partial charge in [0, 0.05) is 40.2 Å². The van der Waals surface area contributed by atoms with Gasteiger partial charge < -0.3 is 16.8 Å². The Hall–Kier alpha value is -1.56. The summed E-state index contributed by atoms with van der Waals surface area (Å²) in [5, 5.41) is 3.08. The van der Waals surface area contributed by atoms with E-state index in [1.165, 1.54) is 0 Å². The summed E-state index contributed by atoms with van der Waals surface area (Å²) in [5.41, 5.74) is 12.2. The lowest BCUT2D eigenvalue weighted by atomic mass is 10.1. The summed E-state index contributed by atoms with van der Waals surface area (Å²) in [6.07, 6.45) is 0. The molecule has 17 heavy (non-hydrogen) atoms. The number of nitrogens with two attached hydrogens (primary N) is 2. The molecule has 0 fully saturated rings. The third-order valence-corrected chi connectivity index (χ3v) is 3.60. The van der Waals surface area contributed by atoms with Crippen molar-refractivity contribution < 1.29 is 9.00 Å². The lowest BCUT2D eigenvalue weighted by Gasteiger charge is -2.08. The molecule has 0 bridgehead atoms. The maximum Gasteiger partial charge on any atom is 0.250 e. The van der Waals surface area contributed by atoms with Crippen molar-refractivity contribution in [2.75, 3.05) is 29.1 Å². The van der Waals surface area contributed by atoms with E-state index in [0.717, 1.165) is 5.69 Å². The molecule has 0 saturated carbocycles. The molecule has 0 aliphatic carbocycles. The van der Waals surface area contributed by atoms with Crippen molar-refractivity contribution in [3.63, 3.8) is 0 Å². The van der Waals surface area contributed by atoms with Crippen LogP contribution in [0.2, 0.25) is 0 Å². The summed E-state index contributed by atoms with van der Waals surface area (Å²) >= 11 is 0. The average Bonchev–Trinajstić information content (AvgIpc) is 2.30. The highest BCUT2D eigenvalue weighted by Gasteiger charge is 2.06. The largest absolute Gasteiger partial charge is 0.398 e. The summed E-state index contributed by atoms with van der Waals surface area (Å²) in [6.45, 7) is 2.47. The predicted molar refractivity (Wildman–Crippen MR) is 71.4 cm³/mol. The molecule has 6 heteroatoms. The summed E-state index contributed by atoms with van der Waals surface area (Å²) in [7, 11) is -0.798. The number of benzene rings is 1. The number of carbonyl (C=O) groups excluding carboxylic acids is 1. The van der Waals surface area contributed by atoms with Gasteiger partial charge in [-0.1, -0.05) is 6.92 Å². The molecule has 0 heterocycles. The van der Waals surface area contributed by atoms with Crippen LogP contribution in [0.3, 0.4) is 0 Å². The fourth-order valence-corrected chi connectivity index (χ4v) is 1.95. The van der Waals surface area contributed by atoms with Crippen molar-refractivity contribution >= 4 is 28.1 Å². The van der Waals surface area contributed by atoms with E-state index < -0.39 is 16.7 Å². The van der Waals surface area contributed by atoms with E-state index in [4.69, 9.17) is 11.5 Å². The van der Waals surface area contributed by atoms with Gasteiger partial charge in [0.15, 0.2) is 0 Å². The molecular weight excluding hydrogens is 238 g/mol. The molecule has 0 saturated heterocycles. The molecular formula is C11H17N3O2S. The second kappa shape index (κ2) is 6.24. The first kappa shape index (κ1) is 13.5. The first-order valence-electron chi connectivity index (χ1n) is 5.32. The molecule has 94 valence electrons. The number of nitrogens with one attached hydrogen (secondary N) is 1. The number of amides is 1. The minimum absolute atomic E-state index is 0.298. The van der Waals surface area contributed by atoms with Crippen LogP contribution >= 0.6 is 0 Å². The number of anilines is 2. The zero-order valence-electron chi connectivity index (χ0n) is 9.73. The standard InChI is InChI=1S/C11H17N3O2S/c1-2-17(16)6-5-14-8-3-4-10(12)9(7-8)11(13)15/h3-4,7,14H,2,5-6,12H2,1H3,(H2,13,15). The summed E-state index contributed by atoms with van der Waals surface area (Å²) in [6, 6.07) is 4.99. The fourth-order valence-electron chi connectivity index (χ4n) is 1.33. The summed E-state index contributed by atoms with van der Waals surface area (Å²) < 4.78 is 11.2. The smallest absolute Gasteiger partial charge is 0.250 e. The lowest BCUT2D eigenvalue weighted by Crippen LogP contribution is -2.15. The van der Waals surface area contributed by atoms with Gasteiger partial charge in [-0.15, -0.1) is 0 Å². The summed E-state index contributed by atoms with van der Waals surface area (Å²) in [4.78, 5) is 11.1. The highest BCUT2D eigenvalue weighted by molar-refractivity contribution is 7.84. The molecule has 0 aromatic heterocycles. The van der Waals surface area contributed by atoms with E-state index in [-0.39, 0.29) is 0 Å². The fraction of sp³-hybridized carbons (Fsp3) is 0.364. The average molecular weight is 255 g/mol. The molecule has 5 nitrogen and oxygen atoms in total. The molecule has 1 amide bonds. The SMILES string of the molecule is CCS(=O)CCNc1ccc(N)c(C(N)=O)c1. The molecule has 0 spiro atoms. The van der Waals surface area contributed by atoms with Crippen LogP contribution in [0, 0.1) is 0 Å². The van der Waals surface area contributed by atoms with Crippen LogP contribution in [0.4, 0.5) is 11.4 Å². The summed E-state index contributed by atoms with van der Waals surface area (Å²) in [5.74, 6) is 0.672. The second-order valence-corrected chi connectivity index (χ2v) is 5.39. The Kier molecular flexibility index (Phi) is 4.96. The molecule has 0 aliphatic rings. The Morgan fingerprint density at radius 3 is 2.76 bits per heavy atom. The number of carbonyl (C=O) groups is 1. The normalized spacial score (nSPS) is 12.1. The number of rotatable bonds is 6. The molecule has 0 aliphatic heterocycles. The van der Waals surface area contributed by atoms with Crippen molar-refractivity contribution in [2.45, 2.75) is 6.92 Å². The van der Waals surface area contributed by atoms with Crippen molar-refractivity contribution in [1.29, 1.82) is 0 Å². The van der Waals surface area contributed by atoms with E-state index in [9.17, 15) is 9.00 Å². The van der Waals surface area contributed by atoms with E-state index in [0.29, 0.717) is 29.3 Å². The van der Waals surface area contributed by atoms with Crippen LogP contribution in [0.15, 0.2) is 18.2 Å². The van der Waals surface area contributed by atoms with E-state index >= 15 is 0 Å². The minimum Gasteiger partial charge on any atom is -0.398 e. The van der Waals surface area contributed by atoms with Crippen LogP contribution < -0.4 is 16.8 Å². The predicted octanol–water partition coefficient (Wildman–Crippen LogP) is 0.548. The van der Waals surface area contributed by atoms with Crippen LogP contribution in [-0.2, 0) is 10.8 Å². The molecule has 5 N–H and O–H groups in total. The molecule has 1 aromatic carbocycles. The third-order valence-electron chi connectivity index (χ3n) is 2.30. The van der Waals surface area contributed by atoms with Gasteiger partial charge in [-0.2, -0.15) is 0 Å². The Morgan fingerprint density at radius 2 is 2.18 bits per heavy atom. The zero-order chi connectivity index (χ0) is 12.8. The van der Waals surface area contributed by atoms with Crippen molar-refractivity contribution in [3.8, 4) is 0 Å². The van der Waals surface area contributed by atoms with Crippen molar-refractivity contribution in [1.82, 2.24) is 0 Å². The Bertz CT molecular complexity index is 435. The van der Waals surface area contributed by atoms with Gasteiger partial charge in [0.25, 0.3) is 5.91 Å². The molecule has 1 rings (SSSR count). The maximum absolute atomic E-state index is 11.2. The van der Waals surface area contributed by atoms with Crippen molar-refractivity contribution in [3.05, 3.63) is 23.8 Å². The lowest BCUT2D eigenvalue weighted by molar-refractivity contribution is 0.100. The van der Waals surface area contributed by atoms with Crippen LogP contribution in [0.5, 0.6) is 0 Å². The Balaban J connectivity index is 2.63. The van der Waals surface area contributed by atoms with Gasteiger partial charge in [-0.25, -0.2) is 0 Å². The van der Waals surface area contributed by atoms with Crippen LogP contribution in [0.25, 0.3) is 0 Å².